The van der Waals surface area contributed by atoms with Crippen LogP contribution in [0.2, 0.25) is 0 Å². The number of benzene rings is 8. The third-order valence-electron chi connectivity index (χ3n) is 11.8. The predicted molar refractivity (Wildman–Crippen MR) is 226 cm³/mol. The molecule has 1 aromatic heterocycles. The topological polar surface area (TPSA) is 4.93 Å². The minimum absolute atomic E-state index is 0.425. The first-order chi connectivity index (χ1) is 26.8. The van der Waals surface area contributed by atoms with Crippen LogP contribution in [0.1, 0.15) is 51.3 Å². The first-order valence-corrected chi connectivity index (χ1v) is 19.3. The SMILES string of the molecule is c1ccc(CC(CCc2ccc3c(c2)C(c2ccccc2)(c2ccccc2)c2cccc(-n4c5ccccc5c5ccccc54)c2-3)c2ccccc2)cc1. The minimum atomic E-state index is -0.485. The van der Waals surface area contributed by atoms with Gasteiger partial charge in [-0.2, -0.15) is 0 Å². The molecule has 1 aliphatic rings. The van der Waals surface area contributed by atoms with E-state index in [0.29, 0.717) is 5.92 Å². The van der Waals surface area contributed by atoms with Crippen molar-refractivity contribution in [2.24, 2.45) is 0 Å². The van der Waals surface area contributed by atoms with Gasteiger partial charge in [0.25, 0.3) is 0 Å². The van der Waals surface area contributed by atoms with Crippen LogP contribution in [0, 0.1) is 0 Å². The molecule has 1 atom stereocenters. The Morgan fingerprint density at radius 1 is 0.444 bits per heavy atom. The molecule has 1 heteroatoms. The highest BCUT2D eigenvalue weighted by Crippen LogP contribution is 2.58. The summed E-state index contributed by atoms with van der Waals surface area (Å²) >= 11 is 0. The van der Waals surface area contributed by atoms with E-state index in [0.717, 1.165) is 19.3 Å². The number of para-hydroxylation sites is 2. The normalized spacial score (nSPS) is 13.5. The van der Waals surface area contributed by atoms with Gasteiger partial charge in [-0.15, -0.1) is 0 Å². The first kappa shape index (κ1) is 32.2. The molecule has 0 saturated carbocycles. The predicted octanol–water partition coefficient (Wildman–Crippen LogP) is 13.1. The Hall–Kier alpha value is -6.44. The van der Waals surface area contributed by atoms with Crippen LogP contribution < -0.4 is 0 Å². The Morgan fingerprint density at radius 2 is 1.00 bits per heavy atom. The molecule has 54 heavy (non-hydrogen) atoms. The van der Waals surface area contributed by atoms with Crippen LogP contribution in [0.5, 0.6) is 0 Å². The van der Waals surface area contributed by atoms with Gasteiger partial charge in [-0.25, -0.2) is 0 Å². The van der Waals surface area contributed by atoms with Crippen molar-refractivity contribution < 1.29 is 0 Å². The van der Waals surface area contributed by atoms with Gasteiger partial charge < -0.3 is 4.57 Å². The van der Waals surface area contributed by atoms with Gasteiger partial charge in [0, 0.05) is 16.3 Å². The van der Waals surface area contributed by atoms with Crippen LogP contribution in [0.3, 0.4) is 0 Å². The molecular formula is C53H41N. The zero-order valence-corrected chi connectivity index (χ0v) is 30.3. The summed E-state index contributed by atoms with van der Waals surface area (Å²) in [6.07, 6.45) is 3.09. The van der Waals surface area contributed by atoms with Gasteiger partial charge in [0.1, 0.15) is 0 Å². The highest BCUT2D eigenvalue weighted by molar-refractivity contribution is 6.10. The maximum Gasteiger partial charge on any atom is 0.0714 e. The van der Waals surface area contributed by atoms with Crippen molar-refractivity contribution in [1.82, 2.24) is 4.57 Å². The lowest BCUT2D eigenvalue weighted by molar-refractivity contribution is 0.620. The molecule has 0 radical (unpaired) electrons. The van der Waals surface area contributed by atoms with Gasteiger partial charge in [0.05, 0.1) is 22.1 Å². The Morgan fingerprint density at radius 3 is 1.63 bits per heavy atom. The highest BCUT2D eigenvalue weighted by atomic mass is 15.0. The summed E-state index contributed by atoms with van der Waals surface area (Å²) in [6, 6.07) is 76.6. The van der Waals surface area contributed by atoms with Crippen molar-refractivity contribution in [3.05, 3.63) is 245 Å². The molecule has 0 aliphatic heterocycles. The van der Waals surface area contributed by atoms with Crippen LogP contribution in [-0.4, -0.2) is 4.57 Å². The molecule has 1 heterocycles. The van der Waals surface area contributed by atoms with Crippen LogP contribution in [0.4, 0.5) is 0 Å². The van der Waals surface area contributed by atoms with Crippen LogP contribution in [-0.2, 0) is 18.3 Å². The lowest BCUT2D eigenvalue weighted by atomic mass is 9.67. The van der Waals surface area contributed by atoms with E-state index in [2.05, 4.69) is 211 Å². The Bertz CT molecular complexity index is 2630. The fourth-order valence-corrected chi connectivity index (χ4v) is 9.44. The molecule has 8 aromatic carbocycles. The largest absolute Gasteiger partial charge is 0.309 e. The maximum absolute atomic E-state index is 2.55. The molecular weight excluding hydrogens is 651 g/mol. The number of nitrogens with zero attached hydrogens (tertiary/aromatic N) is 1. The van der Waals surface area contributed by atoms with Gasteiger partial charge in [-0.1, -0.05) is 188 Å². The van der Waals surface area contributed by atoms with Crippen LogP contribution in [0.25, 0.3) is 38.6 Å². The van der Waals surface area contributed by atoms with Gasteiger partial charge in [0.2, 0.25) is 0 Å². The van der Waals surface area contributed by atoms with Crippen molar-refractivity contribution >= 4 is 21.8 Å². The van der Waals surface area contributed by atoms with Gasteiger partial charge in [-0.3, -0.25) is 0 Å². The molecule has 9 aromatic rings. The maximum atomic E-state index is 2.55. The second kappa shape index (κ2) is 13.5. The van der Waals surface area contributed by atoms with Gasteiger partial charge in [-0.05, 0) is 87.9 Å². The van der Waals surface area contributed by atoms with E-state index in [1.165, 1.54) is 77.6 Å². The summed E-state index contributed by atoms with van der Waals surface area (Å²) in [6.45, 7) is 0. The van der Waals surface area contributed by atoms with Gasteiger partial charge in [0.15, 0.2) is 0 Å². The molecule has 258 valence electrons. The average Bonchev–Trinajstić information content (AvgIpc) is 3.74. The Labute approximate surface area is 317 Å². The van der Waals surface area contributed by atoms with Crippen molar-refractivity contribution in [3.63, 3.8) is 0 Å². The molecule has 0 bridgehead atoms. The van der Waals surface area contributed by atoms with E-state index in [1.54, 1.807) is 0 Å². The number of aromatic nitrogens is 1. The van der Waals surface area contributed by atoms with Crippen molar-refractivity contribution in [2.45, 2.75) is 30.6 Å². The number of fused-ring (bicyclic) bond motifs is 6. The van der Waals surface area contributed by atoms with E-state index >= 15 is 0 Å². The average molecular weight is 692 g/mol. The zero-order valence-electron chi connectivity index (χ0n) is 30.3. The standard InChI is InChI=1S/C53H41N/c1-5-18-38(19-6-1)36-41(40-20-7-2-8-21-40)34-32-39-33-35-46-48(37-39)53(42-22-9-3-10-23-42,43-24-11-4-12-25-43)47-28-17-31-51(52(46)47)54-49-29-15-13-26-44(49)45-27-14-16-30-50(45)54/h1-31,33,35,37,41H,32,34,36H2. The number of rotatable bonds is 9. The second-order valence-electron chi connectivity index (χ2n) is 14.8. The van der Waals surface area contributed by atoms with E-state index in [9.17, 15) is 0 Å². The summed E-state index contributed by atoms with van der Waals surface area (Å²) in [5, 5.41) is 2.56. The molecule has 0 spiro atoms. The van der Waals surface area contributed by atoms with E-state index in [4.69, 9.17) is 0 Å². The molecule has 1 aliphatic carbocycles. The van der Waals surface area contributed by atoms with Crippen LogP contribution >= 0.6 is 0 Å². The lowest BCUT2D eigenvalue weighted by Crippen LogP contribution is -2.28. The number of hydrogen-bond donors (Lipinski definition) is 0. The molecule has 0 saturated heterocycles. The Balaban J connectivity index is 1.18. The molecule has 10 rings (SSSR count). The van der Waals surface area contributed by atoms with Crippen molar-refractivity contribution in [1.29, 1.82) is 0 Å². The summed E-state index contributed by atoms with van der Waals surface area (Å²) in [5.74, 6) is 0.425. The molecule has 0 amide bonds. The summed E-state index contributed by atoms with van der Waals surface area (Å²) in [4.78, 5) is 0. The van der Waals surface area contributed by atoms with E-state index in [1.807, 2.05) is 0 Å². The van der Waals surface area contributed by atoms with Crippen LogP contribution in [0.15, 0.2) is 206 Å². The summed E-state index contributed by atoms with van der Waals surface area (Å²) < 4.78 is 2.50. The fourth-order valence-electron chi connectivity index (χ4n) is 9.44. The quantitative estimate of drug-likeness (QED) is 0.142. The Kier molecular flexibility index (Phi) is 8.07. The van der Waals surface area contributed by atoms with E-state index < -0.39 is 5.41 Å². The number of hydrogen-bond acceptors (Lipinski definition) is 0. The molecule has 0 fully saturated rings. The zero-order chi connectivity index (χ0) is 35.9. The molecule has 1 unspecified atom stereocenters. The minimum Gasteiger partial charge on any atom is -0.309 e. The smallest absolute Gasteiger partial charge is 0.0714 e. The fraction of sp³-hybridized carbons (Fsp3) is 0.0943. The summed E-state index contributed by atoms with van der Waals surface area (Å²) in [5.41, 5.74) is 15.3. The van der Waals surface area contributed by atoms with Crippen molar-refractivity contribution in [2.75, 3.05) is 0 Å². The second-order valence-corrected chi connectivity index (χ2v) is 14.8. The van der Waals surface area contributed by atoms with Crippen molar-refractivity contribution in [3.8, 4) is 16.8 Å². The third-order valence-corrected chi connectivity index (χ3v) is 11.8. The molecule has 0 N–H and O–H groups in total. The third kappa shape index (κ3) is 5.23. The molecule has 1 nitrogen and oxygen atoms in total. The summed E-state index contributed by atoms with van der Waals surface area (Å²) in [7, 11) is 0. The first-order valence-electron chi connectivity index (χ1n) is 19.3. The number of aryl methyl sites for hydroxylation is 1. The monoisotopic (exact) mass is 691 g/mol. The van der Waals surface area contributed by atoms with Gasteiger partial charge >= 0.3 is 0 Å². The highest BCUT2D eigenvalue weighted by Gasteiger charge is 2.47. The lowest BCUT2D eigenvalue weighted by Gasteiger charge is -2.34. The van der Waals surface area contributed by atoms with E-state index in [-0.39, 0.29) is 0 Å².